The van der Waals surface area contributed by atoms with Gasteiger partial charge >= 0.3 is 0 Å². The summed E-state index contributed by atoms with van der Waals surface area (Å²) in [7, 11) is 1.89. The number of piperidine rings is 1. The van der Waals surface area contributed by atoms with Crippen LogP contribution >= 0.6 is 0 Å². The Bertz CT molecular complexity index is 1270. The van der Waals surface area contributed by atoms with Gasteiger partial charge in [-0.1, -0.05) is 6.07 Å². The van der Waals surface area contributed by atoms with E-state index in [1.54, 1.807) is 21.3 Å². The Morgan fingerprint density at radius 3 is 2.80 bits per heavy atom. The summed E-state index contributed by atoms with van der Waals surface area (Å²) in [6.07, 6.45) is 7.44. The van der Waals surface area contributed by atoms with Gasteiger partial charge in [0.15, 0.2) is 5.65 Å². The molecule has 1 aromatic carbocycles. The van der Waals surface area contributed by atoms with E-state index in [9.17, 15) is 4.79 Å². The molecule has 0 saturated carbocycles. The third-order valence-electron chi connectivity index (χ3n) is 5.91. The van der Waals surface area contributed by atoms with Crippen LogP contribution in [0.4, 0.5) is 0 Å². The van der Waals surface area contributed by atoms with Gasteiger partial charge in [-0.15, -0.1) is 0 Å². The number of β-amino-alcohol motifs (C(OH)–C–C–N with tert-alkyl or cyclic N) is 1. The third kappa shape index (κ3) is 3.48. The van der Waals surface area contributed by atoms with E-state index in [2.05, 4.69) is 20.0 Å². The number of aliphatic hydroxyl groups is 1. The Kier molecular flexibility index (Phi) is 4.80. The van der Waals surface area contributed by atoms with Gasteiger partial charge in [0.1, 0.15) is 0 Å². The van der Waals surface area contributed by atoms with Crippen molar-refractivity contribution in [3.05, 3.63) is 58.9 Å². The van der Waals surface area contributed by atoms with Crippen molar-refractivity contribution in [1.82, 2.24) is 29.0 Å². The fourth-order valence-corrected chi connectivity index (χ4v) is 4.29. The van der Waals surface area contributed by atoms with Gasteiger partial charge < -0.3 is 10.0 Å². The highest BCUT2D eigenvalue weighted by Crippen LogP contribution is 2.27. The summed E-state index contributed by atoms with van der Waals surface area (Å²) >= 11 is 0. The van der Waals surface area contributed by atoms with E-state index < -0.39 is 0 Å². The molecule has 1 saturated heterocycles. The van der Waals surface area contributed by atoms with Gasteiger partial charge in [0.05, 0.1) is 29.7 Å². The van der Waals surface area contributed by atoms with Gasteiger partial charge in [-0.2, -0.15) is 5.10 Å². The van der Waals surface area contributed by atoms with Crippen LogP contribution in [0.15, 0.2) is 47.7 Å². The van der Waals surface area contributed by atoms with Crippen molar-refractivity contribution in [3.63, 3.8) is 0 Å². The number of nitrogens with zero attached hydrogens (tertiary/aromatic N) is 6. The highest BCUT2D eigenvalue weighted by atomic mass is 16.3. The van der Waals surface area contributed by atoms with Gasteiger partial charge in [0.2, 0.25) is 0 Å². The Labute approximate surface area is 173 Å². The Balaban J connectivity index is 1.46. The van der Waals surface area contributed by atoms with Crippen LogP contribution in [-0.4, -0.2) is 60.4 Å². The summed E-state index contributed by atoms with van der Waals surface area (Å²) in [4.78, 5) is 24.4. The van der Waals surface area contributed by atoms with Crippen LogP contribution in [0.2, 0.25) is 0 Å². The third-order valence-corrected chi connectivity index (χ3v) is 5.91. The molecule has 8 nitrogen and oxygen atoms in total. The monoisotopic (exact) mass is 404 g/mol. The first-order valence-corrected chi connectivity index (χ1v) is 10.3. The predicted octanol–water partition coefficient (Wildman–Crippen LogP) is 1.81. The molecule has 1 N–H and O–H groups in total. The van der Waals surface area contributed by atoms with E-state index in [1.165, 1.54) is 0 Å². The number of hydrogen-bond acceptors (Lipinski definition) is 6. The average Bonchev–Trinajstić information content (AvgIpc) is 3.13. The molecule has 0 radical (unpaired) electrons. The van der Waals surface area contributed by atoms with Crippen molar-refractivity contribution in [1.29, 1.82) is 0 Å². The number of rotatable bonds is 4. The largest absolute Gasteiger partial charge is 0.395 e. The fraction of sp³-hybridized carbons (Fsp3) is 0.364. The van der Waals surface area contributed by atoms with Crippen molar-refractivity contribution in [3.8, 4) is 11.3 Å². The van der Waals surface area contributed by atoms with Crippen LogP contribution in [0.25, 0.3) is 27.8 Å². The molecule has 1 fully saturated rings. The van der Waals surface area contributed by atoms with Crippen LogP contribution in [-0.2, 0) is 7.05 Å². The van der Waals surface area contributed by atoms with E-state index in [1.807, 2.05) is 37.6 Å². The molecule has 1 aliphatic rings. The molecule has 3 aromatic heterocycles. The van der Waals surface area contributed by atoms with Crippen LogP contribution < -0.4 is 5.56 Å². The lowest BCUT2D eigenvalue weighted by molar-refractivity contribution is 0.163. The molecule has 5 rings (SSSR count). The first-order chi connectivity index (χ1) is 14.6. The topological polar surface area (TPSA) is 88.5 Å². The lowest BCUT2D eigenvalue weighted by Crippen LogP contribution is -2.35. The maximum Gasteiger partial charge on any atom is 0.258 e. The highest BCUT2D eigenvalue weighted by molar-refractivity contribution is 5.83. The standard InChI is InChI=1S/C22H24N6O2/c1-26-13-17-10-16(2-3-18(17)25-26)19-11-22(30)28-14-20(23-12-21(28)24-19)15-4-6-27(7-5-15)8-9-29/h2-3,10-15,29H,4-9H2,1H3. The lowest BCUT2D eigenvalue weighted by Gasteiger charge is -2.31. The summed E-state index contributed by atoms with van der Waals surface area (Å²) < 4.78 is 3.37. The molecular formula is C22H24N6O2. The smallest absolute Gasteiger partial charge is 0.258 e. The van der Waals surface area contributed by atoms with Crippen molar-refractivity contribution in [2.75, 3.05) is 26.2 Å². The van der Waals surface area contributed by atoms with Gasteiger partial charge in [-0.05, 0) is 38.1 Å². The summed E-state index contributed by atoms with van der Waals surface area (Å²) in [5.74, 6) is 0.323. The summed E-state index contributed by atoms with van der Waals surface area (Å²) in [5, 5.41) is 14.5. The first-order valence-electron chi connectivity index (χ1n) is 10.3. The molecule has 0 atom stereocenters. The molecular weight excluding hydrogens is 380 g/mol. The van der Waals surface area contributed by atoms with Crippen LogP contribution in [0.5, 0.6) is 0 Å². The molecule has 4 aromatic rings. The van der Waals surface area contributed by atoms with Crippen molar-refractivity contribution >= 4 is 16.6 Å². The molecule has 154 valence electrons. The van der Waals surface area contributed by atoms with E-state index in [0.717, 1.165) is 54.6 Å². The van der Waals surface area contributed by atoms with Crippen molar-refractivity contribution in [2.45, 2.75) is 18.8 Å². The van der Waals surface area contributed by atoms with Gasteiger partial charge in [0, 0.05) is 48.9 Å². The SMILES string of the molecule is Cn1cc2cc(-c3cc(=O)n4cc(C5CCN(CCO)CC5)ncc4n3)ccc2n1. The second-order valence-electron chi connectivity index (χ2n) is 7.94. The molecule has 0 aliphatic carbocycles. The van der Waals surface area contributed by atoms with Crippen LogP contribution in [0.3, 0.4) is 0 Å². The molecule has 4 heterocycles. The van der Waals surface area contributed by atoms with E-state index in [0.29, 0.717) is 17.3 Å². The zero-order chi connectivity index (χ0) is 20.7. The minimum absolute atomic E-state index is 0.109. The fourth-order valence-electron chi connectivity index (χ4n) is 4.29. The zero-order valence-corrected chi connectivity index (χ0v) is 16.9. The Morgan fingerprint density at radius 2 is 2.00 bits per heavy atom. The maximum absolute atomic E-state index is 12.9. The molecule has 1 aliphatic heterocycles. The molecule has 0 bridgehead atoms. The number of aryl methyl sites for hydroxylation is 1. The molecule has 8 heteroatoms. The quantitative estimate of drug-likeness (QED) is 0.558. The number of likely N-dealkylation sites (tertiary alicyclic amines) is 1. The summed E-state index contributed by atoms with van der Waals surface area (Å²) in [5.41, 5.74) is 3.80. The normalized spacial score (nSPS) is 15.9. The number of benzene rings is 1. The highest BCUT2D eigenvalue weighted by Gasteiger charge is 2.22. The second kappa shape index (κ2) is 7.62. The number of aromatic nitrogens is 5. The zero-order valence-electron chi connectivity index (χ0n) is 16.9. The van der Waals surface area contributed by atoms with Crippen LogP contribution in [0.1, 0.15) is 24.5 Å². The molecule has 0 unspecified atom stereocenters. The maximum atomic E-state index is 12.9. The Morgan fingerprint density at radius 1 is 1.17 bits per heavy atom. The average molecular weight is 404 g/mol. The van der Waals surface area contributed by atoms with Crippen molar-refractivity contribution in [2.24, 2.45) is 7.05 Å². The number of hydrogen-bond donors (Lipinski definition) is 1. The van der Waals surface area contributed by atoms with Gasteiger partial charge in [-0.25, -0.2) is 4.98 Å². The first kappa shape index (κ1) is 18.9. The van der Waals surface area contributed by atoms with E-state index in [4.69, 9.17) is 5.11 Å². The van der Waals surface area contributed by atoms with Crippen molar-refractivity contribution < 1.29 is 5.11 Å². The van der Waals surface area contributed by atoms with Gasteiger partial charge in [0.25, 0.3) is 5.56 Å². The molecule has 0 spiro atoms. The van der Waals surface area contributed by atoms with E-state index >= 15 is 0 Å². The number of fused-ring (bicyclic) bond motifs is 2. The minimum Gasteiger partial charge on any atom is -0.395 e. The van der Waals surface area contributed by atoms with Crippen LogP contribution in [0, 0.1) is 0 Å². The lowest BCUT2D eigenvalue weighted by atomic mass is 9.94. The Hall–Kier alpha value is -3.10. The second-order valence-corrected chi connectivity index (χ2v) is 7.94. The summed E-state index contributed by atoms with van der Waals surface area (Å²) in [6.45, 7) is 2.78. The minimum atomic E-state index is -0.109. The summed E-state index contributed by atoms with van der Waals surface area (Å²) in [6, 6.07) is 7.47. The van der Waals surface area contributed by atoms with E-state index in [-0.39, 0.29) is 12.2 Å². The molecule has 30 heavy (non-hydrogen) atoms. The molecule has 0 amide bonds. The van der Waals surface area contributed by atoms with Gasteiger partial charge in [-0.3, -0.25) is 18.9 Å². The number of aliphatic hydroxyl groups excluding tert-OH is 1. The predicted molar refractivity (Wildman–Crippen MR) is 114 cm³/mol.